The Morgan fingerprint density at radius 1 is 1.15 bits per heavy atom. The van der Waals surface area contributed by atoms with E-state index in [1.165, 1.54) is 16.3 Å². The van der Waals surface area contributed by atoms with Gasteiger partial charge in [-0.2, -0.15) is 5.10 Å². The first-order valence-corrected chi connectivity index (χ1v) is 9.14. The highest BCUT2D eigenvalue weighted by Gasteiger charge is 2.43. The van der Waals surface area contributed by atoms with Crippen LogP contribution in [0.15, 0.2) is 60.9 Å². The lowest BCUT2D eigenvalue weighted by molar-refractivity contribution is -0.142. The van der Waals surface area contributed by atoms with Gasteiger partial charge in [0.15, 0.2) is 0 Å². The number of fused-ring (bicyclic) bond motifs is 1. The fourth-order valence-electron chi connectivity index (χ4n) is 4.02. The van der Waals surface area contributed by atoms with Gasteiger partial charge in [-0.15, -0.1) is 0 Å². The molecular formula is C21H24N4O. The zero-order valence-electron chi connectivity index (χ0n) is 15.1. The second kappa shape index (κ2) is 6.92. The normalized spacial score (nSPS) is 16.5. The summed E-state index contributed by atoms with van der Waals surface area (Å²) in [7, 11) is 1.90. The maximum atomic E-state index is 13.5. The number of amides is 1. The molecule has 5 heteroatoms. The van der Waals surface area contributed by atoms with Crippen LogP contribution in [0.4, 0.5) is 0 Å². The van der Waals surface area contributed by atoms with E-state index in [-0.39, 0.29) is 5.91 Å². The molecule has 0 bridgehead atoms. The summed E-state index contributed by atoms with van der Waals surface area (Å²) in [5, 5.41) is 10.2. The summed E-state index contributed by atoms with van der Waals surface area (Å²) in [6.07, 6.45) is 5.18. The second-order valence-corrected chi connectivity index (χ2v) is 7.03. The van der Waals surface area contributed by atoms with Gasteiger partial charge < -0.3 is 10.2 Å². The number of benzene rings is 2. The quantitative estimate of drug-likeness (QED) is 0.789. The Bertz CT molecular complexity index is 892. The van der Waals surface area contributed by atoms with Gasteiger partial charge in [0.1, 0.15) is 5.54 Å². The molecule has 0 spiro atoms. The van der Waals surface area contributed by atoms with Crippen LogP contribution in [0.1, 0.15) is 18.4 Å². The van der Waals surface area contributed by atoms with Gasteiger partial charge >= 0.3 is 0 Å². The van der Waals surface area contributed by atoms with Gasteiger partial charge in [-0.3, -0.25) is 9.48 Å². The molecule has 4 rings (SSSR count). The van der Waals surface area contributed by atoms with Gasteiger partial charge in [0.25, 0.3) is 5.91 Å². The smallest absolute Gasteiger partial charge is 0.250 e. The monoisotopic (exact) mass is 348 g/mol. The van der Waals surface area contributed by atoms with Crippen molar-refractivity contribution in [3.05, 3.63) is 66.5 Å². The van der Waals surface area contributed by atoms with Crippen molar-refractivity contribution < 1.29 is 4.79 Å². The van der Waals surface area contributed by atoms with Crippen molar-refractivity contribution in [3.8, 4) is 0 Å². The van der Waals surface area contributed by atoms with Gasteiger partial charge in [-0.25, -0.2) is 0 Å². The van der Waals surface area contributed by atoms with Crippen molar-refractivity contribution in [3.63, 3.8) is 0 Å². The third-order valence-electron chi connectivity index (χ3n) is 5.41. The van der Waals surface area contributed by atoms with Crippen LogP contribution in [0.2, 0.25) is 0 Å². The Balaban J connectivity index is 1.64. The first-order valence-electron chi connectivity index (χ1n) is 9.14. The predicted octanol–water partition coefficient (Wildman–Crippen LogP) is 2.77. The maximum Gasteiger partial charge on any atom is 0.250 e. The highest BCUT2D eigenvalue weighted by molar-refractivity contribution is 5.87. The van der Waals surface area contributed by atoms with Gasteiger partial charge in [0, 0.05) is 26.0 Å². The molecule has 0 saturated carbocycles. The van der Waals surface area contributed by atoms with E-state index in [0.29, 0.717) is 6.54 Å². The number of piperidine rings is 1. The molecule has 2 aromatic carbocycles. The molecular weight excluding hydrogens is 324 g/mol. The third-order valence-corrected chi connectivity index (χ3v) is 5.41. The molecule has 3 aromatic rings. The van der Waals surface area contributed by atoms with Crippen LogP contribution in [-0.4, -0.2) is 40.7 Å². The molecule has 2 heterocycles. The van der Waals surface area contributed by atoms with E-state index in [2.05, 4.69) is 40.7 Å². The molecule has 1 saturated heterocycles. The van der Waals surface area contributed by atoms with Gasteiger partial charge in [-0.1, -0.05) is 42.5 Å². The number of nitrogens with one attached hydrogen (secondary N) is 1. The Morgan fingerprint density at radius 2 is 1.92 bits per heavy atom. The first kappa shape index (κ1) is 16.8. The molecule has 26 heavy (non-hydrogen) atoms. The van der Waals surface area contributed by atoms with Crippen LogP contribution in [-0.2, 0) is 16.9 Å². The van der Waals surface area contributed by atoms with Gasteiger partial charge in [0.2, 0.25) is 0 Å². The first-order chi connectivity index (χ1) is 12.7. The maximum absolute atomic E-state index is 13.5. The third kappa shape index (κ3) is 2.88. The van der Waals surface area contributed by atoms with E-state index in [1.54, 1.807) is 6.20 Å². The Kier molecular flexibility index (Phi) is 4.47. The number of hydrogen-bond donors (Lipinski definition) is 1. The van der Waals surface area contributed by atoms with Crippen molar-refractivity contribution in [2.45, 2.75) is 24.9 Å². The fourth-order valence-corrected chi connectivity index (χ4v) is 4.02. The van der Waals surface area contributed by atoms with Crippen LogP contribution in [0, 0.1) is 0 Å². The summed E-state index contributed by atoms with van der Waals surface area (Å²) in [4.78, 5) is 15.4. The zero-order valence-corrected chi connectivity index (χ0v) is 15.1. The number of likely N-dealkylation sites (N-methyl/N-ethyl adjacent to an activating group) is 1. The second-order valence-electron chi connectivity index (χ2n) is 7.03. The van der Waals surface area contributed by atoms with E-state index < -0.39 is 5.54 Å². The molecule has 134 valence electrons. The molecule has 1 amide bonds. The molecule has 0 unspecified atom stereocenters. The van der Waals surface area contributed by atoms with Crippen LogP contribution in [0.5, 0.6) is 0 Å². The van der Waals surface area contributed by atoms with Gasteiger partial charge in [0.05, 0.1) is 0 Å². The standard InChI is InChI=1S/C21H24N4O/c1-24(16-18-8-4-7-17-6-2-3-9-19(17)18)20(26)21(10-13-22-14-11-21)25-15-5-12-23-25/h2-9,12,15,22H,10-11,13-14,16H2,1H3. The zero-order chi connectivity index (χ0) is 18.0. The summed E-state index contributed by atoms with van der Waals surface area (Å²) >= 11 is 0. The summed E-state index contributed by atoms with van der Waals surface area (Å²) in [5.41, 5.74) is 0.581. The average Bonchev–Trinajstić information content (AvgIpc) is 3.23. The van der Waals surface area contributed by atoms with Crippen molar-refractivity contribution >= 4 is 16.7 Å². The molecule has 0 atom stereocenters. The van der Waals surface area contributed by atoms with E-state index in [1.807, 2.05) is 41.0 Å². The largest absolute Gasteiger partial charge is 0.339 e. The van der Waals surface area contributed by atoms with Crippen LogP contribution < -0.4 is 5.32 Å². The SMILES string of the molecule is CN(Cc1cccc2ccccc12)C(=O)C1(n2cccn2)CCNCC1. The van der Waals surface area contributed by atoms with Gasteiger partial charge in [-0.05, 0) is 48.3 Å². The lowest BCUT2D eigenvalue weighted by Crippen LogP contribution is -2.54. The highest BCUT2D eigenvalue weighted by atomic mass is 16.2. The van der Waals surface area contributed by atoms with Crippen LogP contribution in [0.25, 0.3) is 10.8 Å². The summed E-state index contributed by atoms with van der Waals surface area (Å²) in [5.74, 6) is 0.135. The molecule has 1 aromatic heterocycles. The van der Waals surface area contributed by atoms with Crippen LogP contribution >= 0.6 is 0 Å². The number of rotatable bonds is 4. The Hall–Kier alpha value is -2.66. The minimum atomic E-state index is -0.589. The van der Waals surface area contributed by atoms with E-state index >= 15 is 0 Å². The summed E-state index contributed by atoms with van der Waals surface area (Å²) in [6.45, 7) is 2.25. The molecule has 0 radical (unpaired) electrons. The lowest BCUT2D eigenvalue weighted by atomic mass is 9.86. The highest BCUT2D eigenvalue weighted by Crippen LogP contribution is 2.30. The topological polar surface area (TPSA) is 50.2 Å². The van der Waals surface area contributed by atoms with Crippen molar-refractivity contribution in [2.24, 2.45) is 0 Å². The van der Waals surface area contributed by atoms with E-state index in [4.69, 9.17) is 0 Å². The predicted molar refractivity (Wildman–Crippen MR) is 103 cm³/mol. The lowest BCUT2D eigenvalue weighted by Gasteiger charge is -2.39. The van der Waals surface area contributed by atoms with E-state index in [0.717, 1.165) is 25.9 Å². The Morgan fingerprint density at radius 3 is 2.69 bits per heavy atom. The molecule has 0 aliphatic carbocycles. The van der Waals surface area contributed by atoms with Crippen molar-refractivity contribution in [1.82, 2.24) is 20.0 Å². The number of carbonyl (C=O) groups is 1. The average molecular weight is 348 g/mol. The molecule has 5 nitrogen and oxygen atoms in total. The molecule has 1 aliphatic heterocycles. The molecule has 1 fully saturated rings. The minimum Gasteiger partial charge on any atom is -0.339 e. The number of hydrogen-bond acceptors (Lipinski definition) is 3. The number of nitrogens with zero attached hydrogens (tertiary/aromatic N) is 3. The number of carbonyl (C=O) groups excluding carboxylic acids is 1. The van der Waals surface area contributed by atoms with Crippen molar-refractivity contribution in [2.75, 3.05) is 20.1 Å². The number of aromatic nitrogens is 2. The summed E-state index contributed by atoms with van der Waals surface area (Å²) < 4.78 is 1.86. The van der Waals surface area contributed by atoms with Crippen molar-refractivity contribution in [1.29, 1.82) is 0 Å². The molecule has 1 aliphatic rings. The fraction of sp³-hybridized carbons (Fsp3) is 0.333. The summed E-state index contributed by atoms with van der Waals surface area (Å²) in [6, 6.07) is 16.5. The minimum absolute atomic E-state index is 0.135. The van der Waals surface area contributed by atoms with Crippen LogP contribution in [0.3, 0.4) is 0 Å². The van der Waals surface area contributed by atoms with E-state index in [9.17, 15) is 4.79 Å². The molecule has 1 N–H and O–H groups in total. The Labute approximate surface area is 153 Å².